The normalized spacial score (nSPS) is 20.8. The van der Waals surface area contributed by atoms with Gasteiger partial charge in [-0.25, -0.2) is 0 Å². The van der Waals surface area contributed by atoms with Gasteiger partial charge in [0.25, 0.3) is 0 Å². The smallest absolute Gasteiger partial charge is 0.319 e. The minimum Gasteiger partial charge on any atom is -0.465 e. The Morgan fingerprint density at radius 1 is 1.57 bits per heavy atom. The highest BCUT2D eigenvalue weighted by Gasteiger charge is 2.37. The van der Waals surface area contributed by atoms with Gasteiger partial charge in [-0.3, -0.25) is 19.7 Å². The van der Waals surface area contributed by atoms with Crippen molar-refractivity contribution in [2.45, 2.75) is 26.2 Å². The Hall–Kier alpha value is -1.39. The molecule has 1 aliphatic heterocycles. The maximum atomic E-state index is 11.2. The van der Waals surface area contributed by atoms with Gasteiger partial charge in [0.2, 0.25) is 11.8 Å². The third-order valence-electron chi connectivity index (χ3n) is 2.00. The number of rotatable bonds is 4. The SMILES string of the molecule is CCCCOC(=O)C1CC(=O)NC1=O. The summed E-state index contributed by atoms with van der Waals surface area (Å²) in [4.78, 5) is 33.0. The third-order valence-corrected chi connectivity index (χ3v) is 2.00. The van der Waals surface area contributed by atoms with Crippen molar-refractivity contribution in [2.24, 2.45) is 5.92 Å². The molecule has 2 amide bonds. The van der Waals surface area contributed by atoms with E-state index in [1.54, 1.807) is 0 Å². The van der Waals surface area contributed by atoms with Crippen LogP contribution in [0, 0.1) is 5.92 Å². The van der Waals surface area contributed by atoms with Crippen molar-refractivity contribution in [3.63, 3.8) is 0 Å². The monoisotopic (exact) mass is 199 g/mol. The standard InChI is InChI=1S/C9H13NO4/c1-2-3-4-14-9(13)6-5-7(11)10-8(6)12/h6H,2-5H2,1H3,(H,10,11,12). The zero-order chi connectivity index (χ0) is 10.6. The fourth-order valence-electron chi connectivity index (χ4n) is 1.16. The fourth-order valence-corrected chi connectivity index (χ4v) is 1.16. The average Bonchev–Trinajstić information content (AvgIpc) is 2.45. The summed E-state index contributed by atoms with van der Waals surface area (Å²) in [5, 5.41) is 2.06. The van der Waals surface area contributed by atoms with Crippen LogP contribution in [-0.2, 0) is 19.1 Å². The number of imide groups is 1. The van der Waals surface area contributed by atoms with Gasteiger partial charge >= 0.3 is 5.97 Å². The first kappa shape index (κ1) is 10.7. The number of amides is 2. The molecule has 1 saturated heterocycles. The number of nitrogens with one attached hydrogen (secondary N) is 1. The Bertz CT molecular complexity index is 262. The van der Waals surface area contributed by atoms with E-state index in [-0.39, 0.29) is 6.42 Å². The van der Waals surface area contributed by atoms with E-state index in [4.69, 9.17) is 4.74 Å². The molecule has 0 spiro atoms. The van der Waals surface area contributed by atoms with Gasteiger partial charge in [0.15, 0.2) is 0 Å². The van der Waals surface area contributed by atoms with Gasteiger partial charge in [0, 0.05) is 6.42 Å². The minimum absolute atomic E-state index is 0.0796. The predicted molar refractivity (Wildman–Crippen MR) is 47.1 cm³/mol. The second-order valence-corrected chi connectivity index (χ2v) is 3.19. The van der Waals surface area contributed by atoms with Crippen LogP contribution in [0.5, 0.6) is 0 Å². The third kappa shape index (κ3) is 2.55. The van der Waals surface area contributed by atoms with Crippen LogP contribution in [0.15, 0.2) is 0 Å². The van der Waals surface area contributed by atoms with Crippen LogP contribution in [0.3, 0.4) is 0 Å². The number of esters is 1. The first-order valence-electron chi connectivity index (χ1n) is 4.65. The van der Waals surface area contributed by atoms with Gasteiger partial charge in [0.1, 0.15) is 5.92 Å². The topological polar surface area (TPSA) is 72.5 Å². The molecule has 5 heteroatoms. The quantitative estimate of drug-likeness (QED) is 0.299. The molecule has 0 bridgehead atoms. The highest BCUT2D eigenvalue weighted by molar-refractivity contribution is 6.12. The van der Waals surface area contributed by atoms with Crippen molar-refractivity contribution in [1.82, 2.24) is 5.32 Å². The molecule has 1 N–H and O–H groups in total. The van der Waals surface area contributed by atoms with Crippen LogP contribution in [0.4, 0.5) is 0 Å². The lowest BCUT2D eigenvalue weighted by molar-refractivity contribution is -0.151. The van der Waals surface area contributed by atoms with Crippen LogP contribution in [0.25, 0.3) is 0 Å². The van der Waals surface area contributed by atoms with E-state index >= 15 is 0 Å². The maximum Gasteiger partial charge on any atom is 0.319 e. The Balaban J connectivity index is 2.37. The molecule has 0 aliphatic carbocycles. The molecule has 1 fully saturated rings. The summed E-state index contributed by atoms with van der Waals surface area (Å²) in [6.45, 7) is 2.28. The van der Waals surface area contributed by atoms with Crippen molar-refractivity contribution in [2.75, 3.05) is 6.61 Å². The summed E-state index contributed by atoms with van der Waals surface area (Å²) < 4.78 is 4.83. The fraction of sp³-hybridized carbons (Fsp3) is 0.667. The van der Waals surface area contributed by atoms with Crippen molar-refractivity contribution in [1.29, 1.82) is 0 Å². The summed E-state index contributed by atoms with van der Waals surface area (Å²) >= 11 is 0. The predicted octanol–water partition coefficient (Wildman–Crippen LogP) is -0.00760. The van der Waals surface area contributed by atoms with Gasteiger partial charge in [-0.1, -0.05) is 13.3 Å². The van der Waals surface area contributed by atoms with Gasteiger partial charge < -0.3 is 4.74 Å². The van der Waals surface area contributed by atoms with Crippen LogP contribution in [0.1, 0.15) is 26.2 Å². The van der Waals surface area contributed by atoms with Crippen LogP contribution >= 0.6 is 0 Å². The molecule has 1 rings (SSSR count). The Morgan fingerprint density at radius 2 is 2.29 bits per heavy atom. The van der Waals surface area contributed by atoms with E-state index in [0.29, 0.717) is 6.61 Å². The highest BCUT2D eigenvalue weighted by atomic mass is 16.5. The van der Waals surface area contributed by atoms with Gasteiger partial charge in [-0.2, -0.15) is 0 Å². The zero-order valence-electron chi connectivity index (χ0n) is 8.04. The molecule has 14 heavy (non-hydrogen) atoms. The Morgan fingerprint density at radius 3 is 2.79 bits per heavy atom. The first-order valence-corrected chi connectivity index (χ1v) is 4.65. The van der Waals surface area contributed by atoms with E-state index in [2.05, 4.69) is 5.32 Å². The first-order chi connectivity index (χ1) is 6.65. The summed E-state index contributed by atoms with van der Waals surface area (Å²) in [6.07, 6.45) is 1.61. The number of hydrogen-bond acceptors (Lipinski definition) is 4. The van der Waals surface area contributed by atoms with Crippen molar-refractivity contribution in [3.8, 4) is 0 Å². The van der Waals surface area contributed by atoms with Gasteiger partial charge in [-0.05, 0) is 6.42 Å². The van der Waals surface area contributed by atoms with Crippen molar-refractivity contribution < 1.29 is 19.1 Å². The lowest BCUT2D eigenvalue weighted by atomic mass is 10.1. The molecule has 78 valence electrons. The molecule has 0 radical (unpaired) electrons. The van der Waals surface area contributed by atoms with Crippen molar-refractivity contribution >= 4 is 17.8 Å². The minimum atomic E-state index is -0.931. The van der Waals surface area contributed by atoms with Crippen LogP contribution in [-0.4, -0.2) is 24.4 Å². The van der Waals surface area contributed by atoms with Crippen LogP contribution in [0.2, 0.25) is 0 Å². The second kappa shape index (κ2) is 4.74. The van der Waals surface area contributed by atoms with Gasteiger partial charge in [-0.15, -0.1) is 0 Å². The van der Waals surface area contributed by atoms with E-state index < -0.39 is 23.7 Å². The second-order valence-electron chi connectivity index (χ2n) is 3.19. The number of carbonyl (C=O) groups excluding carboxylic acids is 3. The summed E-state index contributed by atoms with van der Waals surface area (Å²) in [6, 6.07) is 0. The lowest BCUT2D eigenvalue weighted by Crippen LogP contribution is -2.27. The average molecular weight is 199 g/mol. The Labute approximate surface area is 81.8 Å². The maximum absolute atomic E-state index is 11.2. The zero-order valence-corrected chi connectivity index (χ0v) is 8.04. The molecule has 1 unspecified atom stereocenters. The Kier molecular flexibility index (Phi) is 3.62. The molecule has 0 aromatic rings. The lowest BCUT2D eigenvalue weighted by Gasteiger charge is -2.06. The number of carbonyl (C=O) groups is 3. The molecule has 1 atom stereocenters. The number of hydrogen-bond donors (Lipinski definition) is 1. The molecule has 0 aromatic carbocycles. The number of ether oxygens (including phenoxy) is 1. The van der Waals surface area contributed by atoms with E-state index in [9.17, 15) is 14.4 Å². The highest BCUT2D eigenvalue weighted by Crippen LogP contribution is 2.12. The largest absolute Gasteiger partial charge is 0.465 e. The molecule has 0 aromatic heterocycles. The molecule has 5 nitrogen and oxygen atoms in total. The summed E-state index contributed by atoms with van der Waals surface area (Å²) in [7, 11) is 0. The molecular weight excluding hydrogens is 186 g/mol. The summed E-state index contributed by atoms with van der Waals surface area (Å²) in [5.41, 5.74) is 0. The number of unbranched alkanes of at least 4 members (excludes halogenated alkanes) is 1. The van der Waals surface area contributed by atoms with Crippen LogP contribution < -0.4 is 5.32 Å². The molecule has 1 heterocycles. The molecule has 0 saturated carbocycles. The molecule has 1 aliphatic rings. The van der Waals surface area contributed by atoms with Gasteiger partial charge in [0.05, 0.1) is 6.61 Å². The van der Waals surface area contributed by atoms with Crippen molar-refractivity contribution in [3.05, 3.63) is 0 Å². The van der Waals surface area contributed by atoms with E-state index in [1.165, 1.54) is 0 Å². The molecular formula is C9H13NO4. The van der Waals surface area contributed by atoms with E-state index in [1.807, 2.05) is 6.92 Å². The summed E-state index contributed by atoms with van der Waals surface area (Å²) in [5.74, 6) is -2.48. The van der Waals surface area contributed by atoms with E-state index in [0.717, 1.165) is 12.8 Å².